The van der Waals surface area contributed by atoms with Gasteiger partial charge in [0.2, 0.25) is 0 Å². The van der Waals surface area contributed by atoms with Gasteiger partial charge in [0.15, 0.2) is 0 Å². The summed E-state index contributed by atoms with van der Waals surface area (Å²) in [5, 5.41) is 12.7. The van der Waals surface area contributed by atoms with E-state index in [2.05, 4.69) is 291 Å². The van der Waals surface area contributed by atoms with Crippen molar-refractivity contribution >= 4 is 53.9 Å². The molecule has 0 bridgehead atoms. The zero-order chi connectivity index (χ0) is 51.3. The van der Waals surface area contributed by atoms with Crippen molar-refractivity contribution in [3.8, 4) is 111 Å². The Balaban J connectivity index is 1.21. The van der Waals surface area contributed by atoms with Gasteiger partial charge >= 0.3 is 0 Å². The molecule has 0 aliphatic heterocycles. The summed E-state index contributed by atoms with van der Waals surface area (Å²) in [6, 6.07) is 109. The molecule has 15 aromatic rings. The molecule has 78 heavy (non-hydrogen) atoms. The summed E-state index contributed by atoms with van der Waals surface area (Å²) in [6.45, 7) is 0. The highest BCUT2D eigenvalue weighted by Gasteiger charge is 2.36. The fraction of sp³-hybridized carbons (Fsp3) is 0. The Bertz CT molecular complexity index is 4770. The molecular weight excluding hydrogens is 937 g/mol. The number of hydrogen-bond acceptors (Lipinski definition) is 0. The van der Waals surface area contributed by atoms with E-state index in [0.717, 1.165) is 0 Å². The predicted molar refractivity (Wildman–Crippen MR) is 333 cm³/mol. The molecule has 360 valence electrons. The first-order valence-electron chi connectivity index (χ1n) is 27.2. The molecule has 0 saturated heterocycles. The molecule has 0 unspecified atom stereocenters. The second kappa shape index (κ2) is 17.7. The number of hydrogen-bond donors (Lipinski definition) is 0. The Labute approximate surface area is 453 Å². The van der Waals surface area contributed by atoms with Crippen LogP contribution in [0.25, 0.3) is 165 Å². The SMILES string of the molecule is c1ccc(-c2ccccc2-c2ccc3c4c5c(c(-c6ccccc6)c6c(-c7ccccc7)c(-c7ccccc7)c(-c7ccccc7)c(c7cccc2c73)c64)-c2ccc(-c3ccccc3)c3c(-c4ccccc4)ccc-5c23)cc1. The maximum Gasteiger partial charge on any atom is -0.0000480 e. The van der Waals surface area contributed by atoms with Crippen LogP contribution in [0.1, 0.15) is 0 Å². The first-order chi connectivity index (χ1) is 38.8. The summed E-state index contributed by atoms with van der Waals surface area (Å²) >= 11 is 0. The molecule has 0 nitrogen and oxygen atoms in total. The second-order valence-corrected chi connectivity index (χ2v) is 20.8. The van der Waals surface area contributed by atoms with Crippen LogP contribution in [0.15, 0.2) is 291 Å². The lowest BCUT2D eigenvalue weighted by Crippen LogP contribution is -2.01. The number of fused-ring (bicyclic) bond motifs is 6. The van der Waals surface area contributed by atoms with Crippen molar-refractivity contribution < 1.29 is 0 Å². The highest BCUT2D eigenvalue weighted by atomic mass is 14.4. The van der Waals surface area contributed by atoms with Crippen LogP contribution >= 0.6 is 0 Å². The van der Waals surface area contributed by atoms with E-state index in [4.69, 9.17) is 0 Å². The van der Waals surface area contributed by atoms with Crippen LogP contribution < -0.4 is 0 Å². The van der Waals surface area contributed by atoms with Crippen molar-refractivity contribution in [1.82, 2.24) is 0 Å². The second-order valence-electron chi connectivity index (χ2n) is 20.8. The zero-order valence-electron chi connectivity index (χ0n) is 42.7. The smallest absolute Gasteiger partial charge is 0.0000480 e. The zero-order valence-corrected chi connectivity index (χ0v) is 42.7. The topological polar surface area (TPSA) is 0 Å². The normalized spacial score (nSPS) is 11.8. The lowest BCUT2D eigenvalue weighted by molar-refractivity contribution is 1.59. The third kappa shape index (κ3) is 6.54. The largest absolute Gasteiger partial charge is 0.0622 e. The van der Waals surface area contributed by atoms with E-state index in [-0.39, 0.29) is 0 Å². The first-order valence-corrected chi connectivity index (χ1v) is 27.2. The molecule has 0 N–H and O–H groups in total. The van der Waals surface area contributed by atoms with Crippen LogP contribution in [0.4, 0.5) is 0 Å². The van der Waals surface area contributed by atoms with Gasteiger partial charge in [0.05, 0.1) is 0 Å². The first kappa shape index (κ1) is 44.2. The van der Waals surface area contributed by atoms with E-state index < -0.39 is 0 Å². The van der Waals surface area contributed by atoms with Crippen LogP contribution in [-0.2, 0) is 0 Å². The molecule has 0 amide bonds. The molecule has 0 heteroatoms. The van der Waals surface area contributed by atoms with E-state index in [9.17, 15) is 0 Å². The van der Waals surface area contributed by atoms with Gasteiger partial charge in [-0.3, -0.25) is 0 Å². The maximum atomic E-state index is 2.48. The standard InChI is InChI=1S/C78H48/c1-8-25-49(26-9-1)56-39-22-23-40-59(56)60-45-48-63-70-61(60)41-24-42-62(70)74-67(53-33-16-5-17-34-53)66(52-31-14-4-15-32-52)68(54-35-18-6-19-36-54)77-69(55-37-20-7-21-38-55)73-64-46-43-57(50-27-10-2-11-28-50)71-58(51-29-12-3-13-30-51)44-47-65(72(64)71)75(73)76(63)78(74)77/h1-48H. The molecule has 16 rings (SSSR count). The van der Waals surface area contributed by atoms with E-state index in [1.54, 1.807) is 0 Å². The Morgan fingerprint density at radius 3 is 0.962 bits per heavy atom. The Hall–Kier alpha value is -10.1. The van der Waals surface area contributed by atoms with Gasteiger partial charge in [0, 0.05) is 0 Å². The fourth-order valence-electron chi connectivity index (χ4n) is 13.7. The van der Waals surface area contributed by atoms with Crippen LogP contribution in [0, 0.1) is 0 Å². The third-order valence-electron chi connectivity index (χ3n) is 16.8. The summed E-state index contributed by atoms with van der Waals surface area (Å²) < 4.78 is 0. The summed E-state index contributed by atoms with van der Waals surface area (Å²) in [6.07, 6.45) is 0. The van der Waals surface area contributed by atoms with Crippen molar-refractivity contribution in [2.24, 2.45) is 0 Å². The van der Waals surface area contributed by atoms with Crippen molar-refractivity contribution in [2.75, 3.05) is 0 Å². The minimum Gasteiger partial charge on any atom is -0.0622 e. The quantitative estimate of drug-likeness (QED) is 0.105. The average molecular weight is 985 g/mol. The van der Waals surface area contributed by atoms with Crippen LogP contribution in [0.2, 0.25) is 0 Å². The number of rotatable bonds is 8. The molecule has 0 spiro atoms. The molecule has 1 aliphatic carbocycles. The lowest BCUT2D eigenvalue weighted by atomic mass is 9.73. The number of benzene rings is 15. The van der Waals surface area contributed by atoms with Crippen LogP contribution in [-0.4, -0.2) is 0 Å². The Morgan fingerprint density at radius 2 is 0.449 bits per heavy atom. The minimum absolute atomic E-state index is 1.18. The van der Waals surface area contributed by atoms with Gasteiger partial charge < -0.3 is 0 Å². The van der Waals surface area contributed by atoms with Gasteiger partial charge in [-0.1, -0.05) is 291 Å². The lowest BCUT2D eigenvalue weighted by Gasteiger charge is -2.29. The molecule has 0 heterocycles. The molecule has 0 radical (unpaired) electrons. The van der Waals surface area contributed by atoms with Crippen molar-refractivity contribution in [3.63, 3.8) is 0 Å². The molecule has 0 atom stereocenters. The van der Waals surface area contributed by atoms with E-state index in [1.807, 2.05) is 0 Å². The summed E-state index contributed by atoms with van der Waals surface area (Å²) in [5.74, 6) is 0. The minimum atomic E-state index is 1.18. The van der Waals surface area contributed by atoms with Crippen LogP contribution in [0.5, 0.6) is 0 Å². The molecule has 1 aliphatic rings. The third-order valence-corrected chi connectivity index (χ3v) is 16.8. The maximum absolute atomic E-state index is 2.48. The van der Waals surface area contributed by atoms with Gasteiger partial charge in [-0.15, -0.1) is 0 Å². The van der Waals surface area contributed by atoms with Crippen LogP contribution in [0.3, 0.4) is 0 Å². The molecule has 0 saturated carbocycles. The summed E-state index contributed by atoms with van der Waals surface area (Å²) in [5.41, 5.74) is 24.6. The Kier molecular flexibility index (Phi) is 10.0. The molecule has 0 aromatic heterocycles. The van der Waals surface area contributed by atoms with E-state index in [1.165, 1.54) is 165 Å². The summed E-state index contributed by atoms with van der Waals surface area (Å²) in [7, 11) is 0. The van der Waals surface area contributed by atoms with Crippen molar-refractivity contribution in [3.05, 3.63) is 291 Å². The van der Waals surface area contributed by atoms with Gasteiger partial charge in [-0.25, -0.2) is 0 Å². The molecular formula is C78H48. The van der Waals surface area contributed by atoms with Gasteiger partial charge in [0.1, 0.15) is 0 Å². The predicted octanol–water partition coefficient (Wildman–Crippen LogP) is 21.9. The summed E-state index contributed by atoms with van der Waals surface area (Å²) in [4.78, 5) is 0. The fourth-order valence-corrected chi connectivity index (χ4v) is 13.7. The van der Waals surface area contributed by atoms with Crippen molar-refractivity contribution in [2.45, 2.75) is 0 Å². The van der Waals surface area contributed by atoms with Gasteiger partial charge in [-0.2, -0.15) is 0 Å². The van der Waals surface area contributed by atoms with Gasteiger partial charge in [0.25, 0.3) is 0 Å². The van der Waals surface area contributed by atoms with E-state index in [0.29, 0.717) is 0 Å². The van der Waals surface area contributed by atoms with Crippen molar-refractivity contribution in [1.29, 1.82) is 0 Å². The molecule has 0 fully saturated rings. The highest BCUT2D eigenvalue weighted by molar-refractivity contribution is 6.46. The average Bonchev–Trinajstić information content (AvgIpc) is 3.77. The van der Waals surface area contributed by atoms with Gasteiger partial charge in [-0.05, 0) is 165 Å². The Morgan fingerprint density at radius 1 is 0.115 bits per heavy atom. The van der Waals surface area contributed by atoms with E-state index >= 15 is 0 Å². The molecule has 15 aromatic carbocycles. The highest BCUT2D eigenvalue weighted by Crippen LogP contribution is 2.64. The monoisotopic (exact) mass is 984 g/mol.